The van der Waals surface area contributed by atoms with Crippen molar-refractivity contribution in [3.63, 3.8) is 0 Å². The third-order valence-electron chi connectivity index (χ3n) is 9.74. The van der Waals surface area contributed by atoms with E-state index >= 15 is 0 Å². The zero-order chi connectivity index (χ0) is 28.9. The van der Waals surface area contributed by atoms with Crippen LogP contribution in [0.5, 0.6) is 11.6 Å². The van der Waals surface area contributed by atoms with Crippen molar-refractivity contribution in [3.8, 4) is 22.9 Å². The smallest absolute Gasteiger partial charge is 0.213 e. The lowest BCUT2D eigenvalue weighted by molar-refractivity contribution is -0.104. The van der Waals surface area contributed by atoms with Gasteiger partial charge in [-0.2, -0.15) is 5.10 Å². The van der Waals surface area contributed by atoms with Crippen molar-refractivity contribution < 1.29 is 14.6 Å². The van der Waals surface area contributed by atoms with Gasteiger partial charge in [0.05, 0.1) is 41.3 Å². The van der Waals surface area contributed by atoms with Crippen LogP contribution in [0.25, 0.3) is 22.3 Å². The molecule has 4 N–H and O–H groups in total. The summed E-state index contributed by atoms with van der Waals surface area (Å²) in [5.41, 5.74) is 10.1. The van der Waals surface area contributed by atoms with Crippen molar-refractivity contribution in [2.24, 2.45) is 0 Å². The van der Waals surface area contributed by atoms with Gasteiger partial charge >= 0.3 is 0 Å². The lowest BCUT2D eigenvalue weighted by atomic mass is 9.91. The molecule has 8 rings (SSSR count). The van der Waals surface area contributed by atoms with Gasteiger partial charge in [0.25, 0.3) is 0 Å². The van der Waals surface area contributed by atoms with Crippen molar-refractivity contribution in [3.05, 3.63) is 48.7 Å². The number of anilines is 2. The standard InChI is InChI=1S/C32H38N8O3/c33-32-31-28(17-27(36-37-31)26-3-1-2-4-29(26)41)40(38-32)22-13-19-5-6-20(14-22)39(19)21-7-8-30(35-18-21)43-25-15-24(16-25)42-23-9-11-34-12-10-23/h1-4,7-8,17-20,22-25,34,41H,5-6,9-16H2,(H2,33,38). The van der Waals surface area contributed by atoms with Crippen LogP contribution in [0.15, 0.2) is 48.7 Å². The predicted octanol–water partition coefficient (Wildman–Crippen LogP) is 4.23. The molecule has 11 nitrogen and oxygen atoms in total. The number of nitrogens with two attached hydrogens (primary N) is 1. The highest BCUT2D eigenvalue weighted by Gasteiger charge is 2.42. The molecule has 0 radical (unpaired) electrons. The monoisotopic (exact) mass is 582 g/mol. The molecule has 3 aromatic heterocycles. The highest BCUT2D eigenvalue weighted by Crippen LogP contribution is 2.44. The van der Waals surface area contributed by atoms with Crippen molar-refractivity contribution >= 4 is 22.5 Å². The zero-order valence-electron chi connectivity index (χ0n) is 24.2. The fourth-order valence-corrected chi connectivity index (χ4v) is 7.52. The number of aromatic nitrogens is 5. The van der Waals surface area contributed by atoms with Crippen LogP contribution in [0.2, 0.25) is 0 Å². The van der Waals surface area contributed by atoms with Gasteiger partial charge in [-0.25, -0.2) is 4.98 Å². The number of phenols is 1. The number of nitrogens with zero attached hydrogens (tertiary/aromatic N) is 6. The lowest BCUT2D eigenvalue weighted by Gasteiger charge is -2.40. The van der Waals surface area contributed by atoms with E-state index in [0.29, 0.717) is 52.8 Å². The Labute approximate surface area is 250 Å². The maximum Gasteiger partial charge on any atom is 0.213 e. The van der Waals surface area contributed by atoms with Gasteiger partial charge in [-0.3, -0.25) is 4.68 Å². The number of aromatic hydroxyl groups is 1. The number of nitrogens with one attached hydrogen (secondary N) is 1. The Morgan fingerprint density at radius 1 is 0.860 bits per heavy atom. The molecule has 2 bridgehead atoms. The Morgan fingerprint density at radius 2 is 1.65 bits per heavy atom. The first kappa shape index (κ1) is 26.7. The predicted molar refractivity (Wildman–Crippen MR) is 163 cm³/mol. The second kappa shape index (κ2) is 10.9. The molecule has 0 spiro atoms. The molecule has 2 unspecified atom stereocenters. The van der Waals surface area contributed by atoms with Crippen molar-refractivity contribution in [2.45, 2.75) is 87.8 Å². The minimum atomic E-state index is 0.171. The normalized spacial score (nSPS) is 27.3. The second-order valence-electron chi connectivity index (χ2n) is 12.5. The van der Waals surface area contributed by atoms with Crippen LogP contribution in [0.4, 0.5) is 11.5 Å². The molecule has 1 aliphatic carbocycles. The summed E-state index contributed by atoms with van der Waals surface area (Å²) in [6.45, 7) is 2.11. The van der Waals surface area contributed by atoms with Crippen LogP contribution in [0.1, 0.15) is 57.4 Å². The van der Waals surface area contributed by atoms with Crippen LogP contribution in [0, 0.1) is 0 Å². The molecule has 2 atom stereocenters. The van der Waals surface area contributed by atoms with Gasteiger partial charge in [-0.15, -0.1) is 10.2 Å². The second-order valence-corrected chi connectivity index (χ2v) is 12.5. The van der Waals surface area contributed by atoms with E-state index in [4.69, 9.17) is 25.3 Å². The van der Waals surface area contributed by atoms with Gasteiger partial charge in [-0.05, 0) is 75.9 Å². The summed E-state index contributed by atoms with van der Waals surface area (Å²) in [6, 6.07) is 14.3. The Morgan fingerprint density at radius 3 is 2.40 bits per heavy atom. The molecule has 6 heterocycles. The first-order valence-corrected chi connectivity index (χ1v) is 15.7. The molecule has 4 aliphatic rings. The quantitative estimate of drug-likeness (QED) is 0.290. The first-order valence-electron chi connectivity index (χ1n) is 15.7. The Hall–Kier alpha value is -3.96. The van der Waals surface area contributed by atoms with E-state index in [1.54, 1.807) is 12.1 Å². The molecule has 4 aromatic rings. The van der Waals surface area contributed by atoms with Crippen molar-refractivity contribution in [1.82, 2.24) is 30.3 Å². The molecular weight excluding hydrogens is 544 g/mol. The van der Waals surface area contributed by atoms with E-state index in [1.165, 1.54) is 0 Å². The van der Waals surface area contributed by atoms with Gasteiger partial charge in [0.1, 0.15) is 11.9 Å². The molecule has 11 heteroatoms. The van der Waals surface area contributed by atoms with Gasteiger partial charge in [-0.1, -0.05) is 12.1 Å². The lowest BCUT2D eigenvalue weighted by Crippen LogP contribution is -2.44. The van der Waals surface area contributed by atoms with Crippen molar-refractivity contribution in [2.75, 3.05) is 23.7 Å². The summed E-state index contributed by atoms with van der Waals surface area (Å²) in [7, 11) is 0. The summed E-state index contributed by atoms with van der Waals surface area (Å²) >= 11 is 0. The maximum atomic E-state index is 10.4. The number of benzene rings is 1. The highest BCUT2D eigenvalue weighted by atomic mass is 16.5. The summed E-state index contributed by atoms with van der Waals surface area (Å²) in [4.78, 5) is 7.24. The van der Waals surface area contributed by atoms with E-state index in [0.717, 1.165) is 75.7 Å². The first-order chi connectivity index (χ1) is 21.1. The van der Waals surface area contributed by atoms with Crippen LogP contribution in [-0.4, -0.2) is 73.6 Å². The van der Waals surface area contributed by atoms with Gasteiger partial charge < -0.3 is 30.5 Å². The third-order valence-corrected chi connectivity index (χ3v) is 9.74. The Bertz CT molecular complexity index is 1580. The van der Waals surface area contributed by atoms with E-state index in [2.05, 4.69) is 26.5 Å². The van der Waals surface area contributed by atoms with Crippen LogP contribution in [-0.2, 0) is 4.74 Å². The average molecular weight is 583 g/mol. The van der Waals surface area contributed by atoms with E-state index in [9.17, 15) is 5.11 Å². The summed E-state index contributed by atoms with van der Waals surface area (Å²) in [5.74, 6) is 1.25. The molecule has 43 heavy (non-hydrogen) atoms. The molecule has 0 amide bonds. The number of rotatable bonds is 7. The average Bonchev–Trinajstić information content (AvgIpc) is 3.48. The summed E-state index contributed by atoms with van der Waals surface area (Å²) in [5, 5.41) is 27.2. The number of hydrogen-bond acceptors (Lipinski definition) is 10. The van der Waals surface area contributed by atoms with E-state index < -0.39 is 0 Å². The largest absolute Gasteiger partial charge is 0.507 e. The number of pyridine rings is 1. The topological polar surface area (TPSA) is 136 Å². The van der Waals surface area contributed by atoms with Gasteiger partial charge in [0.15, 0.2) is 11.3 Å². The van der Waals surface area contributed by atoms with E-state index in [1.807, 2.05) is 35.1 Å². The fourth-order valence-electron chi connectivity index (χ4n) is 7.52. The summed E-state index contributed by atoms with van der Waals surface area (Å²) < 4.78 is 14.5. The van der Waals surface area contributed by atoms with Crippen LogP contribution in [0.3, 0.4) is 0 Å². The Balaban J connectivity index is 0.933. The SMILES string of the molecule is Nc1nn(C2CC3CCC(C2)N3c2ccc(OC3CC(OC4CCNCC4)C3)nc2)c2cc(-c3ccccc3O)nnc12. The minimum absolute atomic E-state index is 0.171. The maximum absolute atomic E-state index is 10.4. The van der Waals surface area contributed by atoms with Crippen molar-refractivity contribution in [1.29, 1.82) is 0 Å². The molecule has 3 aliphatic heterocycles. The number of ether oxygens (including phenoxy) is 2. The number of piperidine rings is 2. The van der Waals surface area contributed by atoms with Crippen LogP contribution < -0.4 is 20.7 Å². The zero-order valence-corrected chi connectivity index (χ0v) is 24.2. The number of nitrogen functional groups attached to an aromatic ring is 1. The third kappa shape index (κ3) is 5.04. The van der Waals surface area contributed by atoms with Gasteiger partial charge in [0, 0.05) is 36.6 Å². The molecular formula is C32H38N8O3. The number of fused-ring (bicyclic) bond motifs is 3. The molecule has 224 valence electrons. The number of para-hydroxylation sites is 1. The minimum Gasteiger partial charge on any atom is -0.507 e. The van der Waals surface area contributed by atoms with Crippen LogP contribution >= 0.6 is 0 Å². The highest BCUT2D eigenvalue weighted by molar-refractivity contribution is 5.87. The Kier molecular flexibility index (Phi) is 6.79. The molecule has 3 saturated heterocycles. The summed E-state index contributed by atoms with van der Waals surface area (Å²) in [6.07, 6.45) is 11.1. The fraction of sp³-hybridized carbons (Fsp3) is 0.500. The molecule has 1 aromatic carbocycles. The molecule has 4 fully saturated rings. The van der Waals surface area contributed by atoms with Gasteiger partial charge in [0.2, 0.25) is 5.88 Å². The number of phenolic OH excluding ortho intramolecular Hbond substituents is 1. The van der Waals surface area contributed by atoms with E-state index in [-0.39, 0.29) is 17.9 Å². The number of hydrogen-bond donors (Lipinski definition) is 3. The molecule has 1 saturated carbocycles.